The first kappa shape index (κ1) is 14.8. The van der Waals surface area contributed by atoms with Crippen molar-refractivity contribution >= 4 is 32.4 Å². The number of aromatic nitrogens is 3. The third-order valence-corrected chi connectivity index (χ3v) is 5.90. The molecule has 0 spiro atoms. The van der Waals surface area contributed by atoms with Crippen molar-refractivity contribution < 1.29 is 13.2 Å². The van der Waals surface area contributed by atoms with Gasteiger partial charge in [-0.3, -0.25) is 4.79 Å². The van der Waals surface area contributed by atoms with Crippen molar-refractivity contribution in [3.05, 3.63) is 60.6 Å². The van der Waals surface area contributed by atoms with Gasteiger partial charge >= 0.3 is 0 Å². The third kappa shape index (κ3) is 1.75. The van der Waals surface area contributed by atoms with Crippen molar-refractivity contribution in [3.63, 3.8) is 0 Å². The van der Waals surface area contributed by atoms with Gasteiger partial charge in [0.15, 0.2) is 16.5 Å². The molecule has 1 unspecified atom stereocenters. The van der Waals surface area contributed by atoms with Gasteiger partial charge in [-0.2, -0.15) is 8.42 Å². The lowest BCUT2D eigenvalue weighted by molar-refractivity contribution is 0.0967. The number of carbonyl (C=O) groups excluding carboxylic acids is 1. The van der Waals surface area contributed by atoms with Gasteiger partial charge in [0.25, 0.3) is 10.0 Å². The molecule has 0 N–H and O–H groups in total. The normalized spacial score (nSPS) is 17.5. The van der Waals surface area contributed by atoms with Crippen LogP contribution in [0.15, 0.2) is 54.3 Å². The molecule has 4 rings (SSSR count). The molecule has 1 atom stereocenters. The molecule has 0 fully saturated rings. The van der Waals surface area contributed by atoms with Crippen LogP contribution in [0.2, 0.25) is 0 Å². The number of fused-ring (bicyclic) bond motifs is 3. The molecule has 0 bridgehead atoms. The fraction of sp³-hybridized carbons (Fsp3) is 0.118. The van der Waals surface area contributed by atoms with Crippen LogP contribution in [0.5, 0.6) is 0 Å². The topological polar surface area (TPSA) is 81.9 Å². The minimum atomic E-state index is -4.00. The van der Waals surface area contributed by atoms with E-state index in [1.165, 1.54) is 18.5 Å². The summed E-state index contributed by atoms with van der Waals surface area (Å²) in [6, 6.07) is 8.04. The van der Waals surface area contributed by atoms with Crippen LogP contribution >= 0.6 is 0 Å². The van der Waals surface area contributed by atoms with E-state index in [9.17, 15) is 13.2 Å². The molecular formula is C17H13N3O3S. The number of pyridine rings is 2. The van der Waals surface area contributed by atoms with Crippen molar-refractivity contribution in [2.24, 2.45) is 5.92 Å². The highest BCUT2D eigenvalue weighted by atomic mass is 32.2. The minimum absolute atomic E-state index is 0.102. The molecule has 1 aliphatic rings. The zero-order valence-electron chi connectivity index (χ0n) is 12.8. The smallest absolute Gasteiger partial charge is 0.287 e. The summed E-state index contributed by atoms with van der Waals surface area (Å²) >= 11 is 0. The molecular weight excluding hydrogens is 326 g/mol. The van der Waals surface area contributed by atoms with Gasteiger partial charge in [-0.1, -0.05) is 19.6 Å². The Bertz CT molecular complexity index is 1110. The van der Waals surface area contributed by atoms with E-state index >= 15 is 0 Å². The van der Waals surface area contributed by atoms with E-state index in [0.717, 1.165) is 3.97 Å². The molecule has 0 radical (unpaired) electrons. The van der Waals surface area contributed by atoms with E-state index in [2.05, 4.69) is 16.5 Å². The molecule has 1 aliphatic carbocycles. The van der Waals surface area contributed by atoms with Crippen LogP contribution in [0, 0.1) is 5.92 Å². The second kappa shape index (κ2) is 4.85. The van der Waals surface area contributed by atoms with E-state index in [4.69, 9.17) is 0 Å². The fourth-order valence-electron chi connectivity index (χ4n) is 3.04. The quantitative estimate of drug-likeness (QED) is 0.716. The van der Waals surface area contributed by atoms with Crippen LogP contribution in [0.3, 0.4) is 0 Å². The summed E-state index contributed by atoms with van der Waals surface area (Å²) in [6.45, 7) is 5.66. The summed E-state index contributed by atoms with van der Waals surface area (Å²) in [5, 5.41) is 0.415. The van der Waals surface area contributed by atoms with E-state index in [1.54, 1.807) is 31.2 Å². The number of ketones is 1. The summed E-state index contributed by atoms with van der Waals surface area (Å²) in [5.41, 5.74) is 1.38. The van der Waals surface area contributed by atoms with Crippen molar-refractivity contribution in [3.8, 4) is 0 Å². The van der Waals surface area contributed by atoms with Gasteiger partial charge in [0.05, 0.1) is 11.3 Å². The average Bonchev–Trinajstić information content (AvgIpc) is 3.05. The largest absolute Gasteiger partial charge is 0.293 e. The molecule has 120 valence electrons. The van der Waals surface area contributed by atoms with Crippen LogP contribution in [0.1, 0.15) is 23.0 Å². The highest BCUT2D eigenvalue weighted by Crippen LogP contribution is 2.42. The molecule has 6 nitrogen and oxygen atoms in total. The molecule has 0 saturated carbocycles. The summed E-state index contributed by atoms with van der Waals surface area (Å²) in [5.74, 6) is -0.590. The van der Waals surface area contributed by atoms with Crippen molar-refractivity contribution in [1.82, 2.24) is 13.9 Å². The van der Waals surface area contributed by atoms with Gasteiger partial charge in [0, 0.05) is 23.7 Å². The van der Waals surface area contributed by atoms with Crippen LogP contribution < -0.4 is 0 Å². The number of hydrogen-bond acceptors (Lipinski definition) is 5. The van der Waals surface area contributed by atoms with Gasteiger partial charge in [0.2, 0.25) is 0 Å². The van der Waals surface area contributed by atoms with E-state index in [-0.39, 0.29) is 16.5 Å². The predicted molar refractivity (Wildman–Crippen MR) is 89.1 cm³/mol. The molecule has 3 heterocycles. The van der Waals surface area contributed by atoms with E-state index in [1.807, 2.05) is 0 Å². The number of carbonyl (C=O) groups is 1. The van der Waals surface area contributed by atoms with Crippen molar-refractivity contribution in [2.75, 3.05) is 0 Å². The highest BCUT2D eigenvalue weighted by molar-refractivity contribution is 7.90. The summed E-state index contributed by atoms with van der Waals surface area (Å²) in [7, 11) is -4.00. The monoisotopic (exact) mass is 339 g/mol. The summed E-state index contributed by atoms with van der Waals surface area (Å²) < 4.78 is 27.4. The second-order valence-electron chi connectivity index (χ2n) is 5.65. The minimum Gasteiger partial charge on any atom is -0.293 e. The van der Waals surface area contributed by atoms with Crippen LogP contribution in [0.25, 0.3) is 16.6 Å². The van der Waals surface area contributed by atoms with Gasteiger partial charge in [-0.25, -0.2) is 13.9 Å². The summed E-state index contributed by atoms with van der Waals surface area (Å²) in [4.78, 5) is 20.7. The lowest BCUT2D eigenvalue weighted by Crippen LogP contribution is -2.17. The van der Waals surface area contributed by atoms with Gasteiger partial charge < -0.3 is 0 Å². The maximum Gasteiger partial charge on any atom is 0.287 e. The van der Waals surface area contributed by atoms with E-state index < -0.39 is 15.9 Å². The van der Waals surface area contributed by atoms with Gasteiger partial charge in [0.1, 0.15) is 0 Å². The maximum absolute atomic E-state index is 13.1. The number of hydrogen-bond donors (Lipinski definition) is 0. The fourth-order valence-corrected chi connectivity index (χ4v) is 4.49. The molecule has 0 aliphatic heterocycles. The maximum atomic E-state index is 13.1. The Kier molecular flexibility index (Phi) is 2.98. The highest BCUT2D eigenvalue weighted by Gasteiger charge is 2.40. The Hall–Kier alpha value is -2.80. The number of allylic oxidation sites excluding steroid dienone is 1. The molecule has 24 heavy (non-hydrogen) atoms. The lowest BCUT2D eigenvalue weighted by atomic mass is 10.0. The molecule has 3 aromatic heterocycles. The van der Waals surface area contributed by atoms with Crippen molar-refractivity contribution in [1.29, 1.82) is 0 Å². The standard InChI is InChI=1S/C17H13N3O3S/c1-10-11(2)16(21)14-12-6-5-9-19-17(12)20(15(10)14)24(22,23)13-7-3-4-8-18-13/h3-9,11H,1H2,2H3. The molecule has 0 amide bonds. The molecule has 0 saturated heterocycles. The first-order valence-corrected chi connectivity index (χ1v) is 8.78. The van der Waals surface area contributed by atoms with Crippen LogP contribution in [0.4, 0.5) is 0 Å². The Morgan fingerprint density at radius 2 is 1.88 bits per heavy atom. The Labute approximate surface area is 138 Å². The first-order valence-electron chi connectivity index (χ1n) is 7.34. The van der Waals surface area contributed by atoms with Gasteiger partial charge in [-0.05, 0) is 29.8 Å². The Morgan fingerprint density at radius 1 is 1.12 bits per heavy atom. The molecule has 3 aromatic rings. The zero-order valence-corrected chi connectivity index (χ0v) is 13.6. The Morgan fingerprint density at radius 3 is 2.58 bits per heavy atom. The number of nitrogens with zero attached hydrogens (tertiary/aromatic N) is 3. The number of Topliss-reactive ketones (excluding diaryl/α,β-unsaturated/α-hetero) is 1. The van der Waals surface area contributed by atoms with Gasteiger partial charge in [-0.15, -0.1) is 0 Å². The average molecular weight is 339 g/mol. The van der Waals surface area contributed by atoms with Crippen LogP contribution in [-0.4, -0.2) is 28.1 Å². The van der Waals surface area contributed by atoms with E-state index in [0.29, 0.717) is 22.2 Å². The van der Waals surface area contributed by atoms with Crippen molar-refractivity contribution in [2.45, 2.75) is 11.9 Å². The summed E-state index contributed by atoms with van der Waals surface area (Å²) in [6.07, 6.45) is 2.91. The zero-order chi connectivity index (χ0) is 17.1. The molecule has 7 heteroatoms. The lowest BCUT2D eigenvalue weighted by Gasteiger charge is -2.11. The SMILES string of the molecule is C=C1c2c(c3cccnc3n2S(=O)(=O)c2ccccn2)C(=O)C1C. The third-order valence-electron chi connectivity index (χ3n) is 4.30. The second-order valence-corrected chi connectivity index (χ2v) is 7.38. The Balaban J connectivity index is 2.16. The van der Waals surface area contributed by atoms with Crippen LogP contribution in [-0.2, 0) is 10.0 Å². The number of rotatable bonds is 2. The first-order chi connectivity index (χ1) is 11.4. The molecule has 0 aromatic carbocycles. The predicted octanol–water partition coefficient (Wildman–Crippen LogP) is 2.51.